The number of nitrogens with zero attached hydrogens (tertiary/aromatic N) is 4. The molecule has 0 atom stereocenters. The number of amides is 1. The van der Waals surface area contributed by atoms with Gasteiger partial charge in [-0.15, -0.1) is 0 Å². The number of rotatable bonds is 2. The molecule has 0 saturated carbocycles. The fraction of sp³-hybridized carbons (Fsp3) is 0.0769. The number of carbonyl (C=O) groups excluding carboxylic acids is 1. The van der Waals surface area contributed by atoms with E-state index in [0.29, 0.717) is 0 Å². The van der Waals surface area contributed by atoms with Crippen LogP contribution in [0.5, 0.6) is 0 Å². The molecule has 0 aromatic carbocycles. The Labute approximate surface area is 121 Å². The zero-order valence-electron chi connectivity index (χ0n) is 10.9. The van der Waals surface area contributed by atoms with Crippen molar-refractivity contribution in [2.45, 2.75) is 6.18 Å². The SMILES string of the molecule is NC(=O)c1nccnc1-c1ccc2ncc(C(F)(F)F)n2c1. The molecule has 0 aliphatic carbocycles. The number of imidazole rings is 1. The molecule has 0 fully saturated rings. The van der Waals surface area contributed by atoms with Gasteiger partial charge in [-0.2, -0.15) is 13.2 Å². The van der Waals surface area contributed by atoms with Crippen LogP contribution in [0.2, 0.25) is 0 Å². The topological polar surface area (TPSA) is 86.2 Å². The van der Waals surface area contributed by atoms with Crippen molar-refractivity contribution in [1.82, 2.24) is 19.4 Å². The van der Waals surface area contributed by atoms with Gasteiger partial charge >= 0.3 is 6.18 Å². The van der Waals surface area contributed by atoms with Gasteiger partial charge in [-0.1, -0.05) is 0 Å². The molecule has 0 bridgehead atoms. The maximum absolute atomic E-state index is 12.9. The summed E-state index contributed by atoms with van der Waals surface area (Å²) < 4.78 is 39.7. The van der Waals surface area contributed by atoms with Crippen LogP contribution in [0.15, 0.2) is 36.9 Å². The molecule has 112 valence electrons. The van der Waals surface area contributed by atoms with Gasteiger partial charge in [0, 0.05) is 24.2 Å². The van der Waals surface area contributed by atoms with E-state index < -0.39 is 17.8 Å². The Hall–Kier alpha value is -2.97. The fourth-order valence-electron chi connectivity index (χ4n) is 2.06. The molecule has 0 spiro atoms. The van der Waals surface area contributed by atoms with Crippen molar-refractivity contribution < 1.29 is 18.0 Å². The zero-order valence-corrected chi connectivity index (χ0v) is 10.9. The largest absolute Gasteiger partial charge is 0.433 e. The number of halogens is 3. The average Bonchev–Trinajstić information content (AvgIpc) is 2.90. The van der Waals surface area contributed by atoms with E-state index in [1.807, 2.05) is 0 Å². The minimum atomic E-state index is -4.55. The second kappa shape index (κ2) is 4.79. The molecule has 3 rings (SSSR count). The second-order valence-electron chi connectivity index (χ2n) is 4.40. The summed E-state index contributed by atoms with van der Waals surface area (Å²) in [5.74, 6) is -0.815. The summed E-state index contributed by atoms with van der Waals surface area (Å²) in [6.07, 6.45) is -0.00958. The molecular formula is C13H8F3N5O. The van der Waals surface area contributed by atoms with Crippen LogP contribution < -0.4 is 5.73 Å². The smallest absolute Gasteiger partial charge is 0.364 e. The Bertz CT molecular complexity index is 871. The lowest BCUT2D eigenvalue weighted by Crippen LogP contribution is -2.15. The van der Waals surface area contributed by atoms with Gasteiger partial charge in [0.2, 0.25) is 0 Å². The Morgan fingerprint density at radius 3 is 2.55 bits per heavy atom. The minimum absolute atomic E-state index is 0.110. The van der Waals surface area contributed by atoms with Gasteiger partial charge in [-0.3, -0.25) is 14.2 Å². The van der Waals surface area contributed by atoms with Crippen molar-refractivity contribution in [3.8, 4) is 11.3 Å². The van der Waals surface area contributed by atoms with Crippen molar-refractivity contribution in [2.24, 2.45) is 5.73 Å². The fourth-order valence-corrected chi connectivity index (χ4v) is 2.06. The first-order valence-corrected chi connectivity index (χ1v) is 6.03. The summed E-state index contributed by atoms with van der Waals surface area (Å²) in [6, 6.07) is 2.89. The van der Waals surface area contributed by atoms with Crippen LogP contribution in [0.4, 0.5) is 13.2 Å². The monoisotopic (exact) mass is 307 g/mol. The summed E-state index contributed by atoms with van der Waals surface area (Å²) in [5.41, 5.74) is 4.68. The van der Waals surface area contributed by atoms with Crippen molar-refractivity contribution >= 4 is 11.6 Å². The predicted octanol–water partition coefficient (Wildman–Crippen LogP) is 1.91. The number of aromatic nitrogens is 4. The highest BCUT2D eigenvalue weighted by Crippen LogP contribution is 2.31. The Morgan fingerprint density at radius 1 is 1.14 bits per heavy atom. The van der Waals surface area contributed by atoms with Crippen LogP contribution in [0.1, 0.15) is 16.2 Å². The van der Waals surface area contributed by atoms with E-state index in [1.165, 1.54) is 30.7 Å². The quantitative estimate of drug-likeness (QED) is 0.783. The average molecular weight is 307 g/mol. The van der Waals surface area contributed by atoms with Crippen molar-refractivity contribution in [1.29, 1.82) is 0 Å². The van der Waals surface area contributed by atoms with Crippen LogP contribution in [-0.2, 0) is 6.18 Å². The molecule has 0 saturated heterocycles. The highest BCUT2D eigenvalue weighted by Gasteiger charge is 2.34. The third kappa shape index (κ3) is 2.26. The molecular weight excluding hydrogens is 299 g/mol. The molecule has 3 heterocycles. The van der Waals surface area contributed by atoms with Crippen LogP contribution in [0.3, 0.4) is 0 Å². The van der Waals surface area contributed by atoms with Gasteiger partial charge in [-0.05, 0) is 12.1 Å². The molecule has 3 aromatic rings. The first kappa shape index (κ1) is 14.0. The Balaban J connectivity index is 2.23. The van der Waals surface area contributed by atoms with Gasteiger partial charge in [0.25, 0.3) is 5.91 Å². The summed E-state index contributed by atoms with van der Waals surface area (Å²) >= 11 is 0. The molecule has 22 heavy (non-hydrogen) atoms. The van der Waals surface area contributed by atoms with Crippen molar-refractivity contribution in [3.63, 3.8) is 0 Å². The summed E-state index contributed by atoms with van der Waals surface area (Å²) in [4.78, 5) is 22.8. The maximum atomic E-state index is 12.9. The molecule has 6 nitrogen and oxygen atoms in total. The van der Waals surface area contributed by atoms with Gasteiger partial charge in [-0.25, -0.2) is 9.97 Å². The predicted molar refractivity (Wildman–Crippen MR) is 69.7 cm³/mol. The lowest BCUT2D eigenvalue weighted by Gasteiger charge is -2.08. The van der Waals surface area contributed by atoms with Crippen molar-refractivity contribution in [3.05, 3.63) is 48.3 Å². The summed E-state index contributed by atoms with van der Waals surface area (Å²) in [7, 11) is 0. The van der Waals surface area contributed by atoms with E-state index in [1.54, 1.807) is 0 Å². The highest BCUT2D eigenvalue weighted by atomic mass is 19.4. The van der Waals surface area contributed by atoms with E-state index in [4.69, 9.17) is 5.73 Å². The van der Waals surface area contributed by atoms with E-state index in [0.717, 1.165) is 10.6 Å². The molecule has 0 unspecified atom stereocenters. The number of fused-ring (bicyclic) bond motifs is 1. The highest BCUT2D eigenvalue weighted by molar-refractivity contribution is 5.96. The third-order valence-electron chi connectivity index (χ3n) is 3.00. The Kier molecular flexibility index (Phi) is 3.05. The van der Waals surface area contributed by atoms with E-state index >= 15 is 0 Å². The van der Waals surface area contributed by atoms with Gasteiger partial charge in [0.15, 0.2) is 5.69 Å². The molecule has 2 N–H and O–H groups in total. The van der Waals surface area contributed by atoms with E-state index in [9.17, 15) is 18.0 Å². The maximum Gasteiger partial charge on any atom is 0.433 e. The van der Waals surface area contributed by atoms with Crippen molar-refractivity contribution in [2.75, 3.05) is 0 Å². The van der Waals surface area contributed by atoms with Gasteiger partial charge in [0.05, 0.1) is 6.20 Å². The lowest BCUT2D eigenvalue weighted by atomic mass is 10.1. The number of primary amides is 1. The first-order chi connectivity index (χ1) is 10.4. The first-order valence-electron chi connectivity index (χ1n) is 6.03. The van der Waals surface area contributed by atoms with Crippen LogP contribution in [0, 0.1) is 0 Å². The zero-order chi connectivity index (χ0) is 15.9. The molecule has 1 amide bonds. The van der Waals surface area contributed by atoms with Crippen LogP contribution in [-0.4, -0.2) is 25.3 Å². The van der Waals surface area contributed by atoms with E-state index in [-0.39, 0.29) is 22.6 Å². The number of pyridine rings is 1. The number of carbonyl (C=O) groups is 1. The standard InChI is InChI=1S/C13H8F3N5O/c14-13(15,16)8-5-20-9-2-1-7(6-21(8)9)10-11(12(17)22)19-4-3-18-10/h1-6H,(H2,17,22). The summed E-state index contributed by atoms with van der Waals surface area (Å²) in [6.45, 7) is 0. The van der Waals surface area contributed by atoms with Gasteiger partial charge in [0.1, 0.15) is 17.0 Å². The van der Waals surface area contributed by atoms with Crippen LogP contribution in [0.25, 0.3) is 16.9 Å². The minimum Gasteiger partial charge on any atom is -0.364 e. The molecule has 3 aromatic heterocycles. The lowest BCUT2D eigenvalue weighted by molar-refractivity contribution is -0.141. The molecule has 9 heteroatoms. The normalized spacial score (nSPS) is 11.8. The number of hydrogen-bond acceptors (Lipinski definition) is 4. The number of nitrogens with two attached hydrogens (primary N) is 1. The molecule has 0 aliphatic heterocycles. The third-order valence-corrected chi connectivity index (χ3v) is 3.00. The van der Waals surface area contributed by atoms with Gasteiger partial charge < -0.3 is 5.73 Å². The molecule has 0 aliphatic rings. The summed E-state index contributed by atoms with van der Waals surface area (Å²) in [5, 5.41) is 0. The number of alkyl halides is 3. The van der Waals surface area contributed by atoms with E-state index in [2.05, 4.69) is 15.0 Å². The number of hydrogen-bond donors (Lipinski definition) is 1. The molecule has 0 radical (unpaired) electrons. The van der Waals surface area contributed by atoms with Crippen LogP contribution >= 0.6 is 0 Å². The Morgan fingerprint density at radius 2 is 1.86 bits per heavy atom. The second-order valence-corrected chi connectivity index (χ2v) is 4.40.